The lowest BCUT2D eigenvalue weighted by Gasteiger charge is -2.19. The van der Waals surface area contributed by atoms with Gasteiger partial charge in [-0.1, -0.05) is 0 Å². The maximum absolute atomic E-state index is 11.4. The Morgan fingerprint density at radius 1 is 1.44 bits per heavy atom. The van der Waals surface area contributed by atoms with Gasteiger partial charge in [-0.15, -0.1) is 0 Å². The maximum Gasteiger partial charge on any atom is 0.407 e. The third-order valence-corrected chi connectivity index (χ3v) is 2.07. The molecule has 0 bridgehead atoms. The first kappa shape index (κ1) is 14.2. The van der Waals surface area contributed by atoms with E-state index in [9.17, 15) is 9.59 Å². The van der Waals surface area contributed by atoms with E-state index in [1.165, 1.54) is 6.92 Å². The van der Waals surface area contributed by atoms with Crippen molar-refractivity contribution in [2.24, 2.45) is 0 Å². The van der Waals surface area contributed by atoms with Crippen molar-refractivity contribution < 1.29 is 14.3 Å². The highest BCUT2D eigenvalue weighted by Crippen LogP contribution is 2.06. The summed E-state index contributed by atoms with van der Waals surface area (Å²) in [5.41, 5.74) is 0.0151. The number of hydrogen-bond donors (Lipinski definition) is 1. The van der Waals surface area contributed by atoms with Crippen molar-refractivity contribution >= 4 is 11.9 Å². The Kier molecular flexibility index (Phi) is 4.47. The largest absolute Gasteiger partial charge is 0.444 e. The molecule has 0 saturated carbocycles. The van der Waals surface area contributed by atoms with Gasteiger partial charge in [-0.3, -0.25) is 9.48 Å². The first-order valence-corrected chi connectivity index (χ1v) is 5.79. The van der Waals surface area contributed by atoms with E-state index in [2.05, 4.69) is 10.4 Å². The van der Waals surface area contributed by atoms with E-state index in [0.717, 1.165) is 0 Å². The van der Waals surface area contributed by atoms with Gasteiger partial charge in [0.2, 0.25) is 0 Å². The van der Waals surface area contributed by atoms with Gasteiger partial charge in [-0.25, -0.2) is 4.79 Å². The van der Waals surface area contributed by atoms with Crippen LogP contribution in [0.4, 0.5) is 4.79 Å². The summed E-state index contributed by atoms with van der Waals surface area (Å²) in [5, 5.41) is 6.62. The Labute approximate surface area is 106 Å². The molecule has 18 heavy (non-hydrogen) atoms. The van der Waals surface area contributed by atoms with Crippen molar-refractivity contribution in [3.05, 3.63) is 18.0 Å². The van der Waals surface area contributed by atoms with Crippen LogP contribution in [0.5, 0.6) is 0 Å². The van der Waals surface area contributed by atoms with Gasteiger partial charge in [0.15, 0.2) is 5.78 Å². The number of hydrogen-bond acceptors (Lipinski definition) is 4. The van der Waals surface area contributed by atoms with Gasteiger partial charge >= 0.3 is 6.09 Å². The molecular formula is C12H19N3O3. The topological polar surface area (TPSA) is 73.2 Å². The van der Waals surface area contributed by atoms with Gasteiger partial charge < -0.3 is 10.1 Å². The van der Waals surface area contributed by atoms with E-state index in [-0.39, 0.29) is 5.78 Å². The van der Waals surface area contributed by atoms with Crippen LogP contribution in [0.3, 0.4) is 0 Å². The zero-order valence-electron chi connectivity index (χ0n) is 11.2. The predicted octanol–water partition coefficient (Wildman–Crippen LogP) is 1.61. The zero-order chi connectivity index (χ0) is 13.8. The zero-order valence-corrected chi connectivity index (χ0v) is 11.2. The standard InChI is InChI=1S/C12H19N3O3/c1-9(16)10-5-6-14-15(10)8-7-13-11(17)18-12(2,3)4/h5-6H,7-8H2,1-4H3,(H,13,17). The summed E-state index contributed by atoms with van der Waals surface area (Å²) in [5.74, 6) is -0.0511. The summed E-state index contributed by atoms with van der Waals surface area (Å²) in [4.78, 5) is 22.6. The molecule has 0 aliphatic carbocycles. The maximum atomic E-state index is 11.4. The minimum Gasteiger partial charge on any atom is -0.444 e. The molecule has 1 N–H and O–H groups in total. The van der Waals surface area contributed by atoms with Gasteiger partial charge in [0.1, 0.15) is 11.3 Å². The molecule has 1 heterocycles. The van der Waals surface area contributed by atoms with Crippen LogP contribution in [0.1, 0.15) is 38.2 Å². The molecule has 1 amide bonds. The molecule has 6 nitrogen and oxygen atoms in total. The summed E-state index contributed by atoms with van der Waals surface area (Å²) < 4.78 is 6.64. The third kappa shape index (κ3) is 4.57. The van der Waals surface area contributed by atoms with Gasteiger partial charge in [-0.2, -0.15) is 5.10 Å². The smallest absolute Gasteiger partial charge is 0.407 e. The van der Waals surface area contributed by atoms with Crippen molar-refractivity contribution in [3.63, 3.8) is 0 Å². The average Bonchev–Trinajstić information content (AvgIpc) is 2.62. The lowest BCUT2D eigenvalue weighted by atomic mass is 10.2. The molecule has 0 spiro atoms. The van der Waals surface area contributed by atoms with E-state index in [1.807, 2.05) is 0 Å². The van der Waals surface area contributed by atoms with E-state index >= 15 is 0 Å². The number of aromatic nitrogens is 2. The number of carbonyl (C=O) groups is 2. The van der Waals surface area contributed by atoms with Crippen LogP contribution >= 0.6 is 0 Å². The van der Waals surface area contributed by atoms with Crippen molar-refractivity contribution in [1.82, 2.24) is 15.1 Å². The Bertz CT molecular complexity index is 432. The van der Waals surface area contributed by atoms with Crippen LogP contribution in [-0.4, -0.2) is 33.8 Å². The summed E-state index contributed by atoms with van der Waals surface area (Å²) in [7, 11) is 0. The molecular weight excluding hydrogens is 234 g/mol. The van der Waals surface area contributed by atoms with Crippen molar-refractivity contribution in [2.75, 3.05) is 6.54 Å². The number of nitrogens with one attached hydrogen (secondary N) is 1. The average molecular weight is 253 g/mol. The first-order valence-electron chi connectivity index (χ1n) is 5.79. The Morgan fingerprint density at radius 3 is 2.67 bits per heavy atom. The van der Waals surface area contributed by atoms with Gasteiger partial charge in [0.05, 0.1) is 6.54 Å². The number of ketones is 1. The SMILES string of the molecule is CC(=O)c1ccnn1CCNC(=O)OC(C)(C)C. The number of ether oxygens (including phenoxy) is 1. The second-order valence-electron chi connectivity index (χ2n) is 4.92. The highest BCUT2D eigenvalue weighted by atomic mass is 16.6. The highest BCUT2D eigenvalue weighted by molar-refractivity contribution is 5.92. The van der Waals surface area contributed by atoms with Crippen LogP contribution in [0, 0.1) is 0 Å². The van der Waals surface area contributed by atoms with Gasteiger partial charge in [0, 0.05) is 19.7 Å². The number of carbonyl (C=O) groups excluding carboxylic acids is 2. The summed E-state index contributed by atoms with van der Waals surface area (Å²) in [6, 6.07) is 1.65. The van der Waals surface area contributed by atoms with Crippen LogP contribution in [-0.2, 0) is 11.3 Å². The second-order valence-corrected chi connectivity index (χ2v) is 4.92. The Hall–Kier alpha value is -1.85. The number of rotatable bonds is 4. The van der Waals surface area contributed by atoms with E-state index in [0.29, 0.717) is 18.8 Å². The van der Waals surface area contributed by atoms with Crippen LogP contribution < -0.4 is 5.32 Å². The molecule has 0 atom stereocenters. The lowest BCUT2D eigenvalue weighted by Crippen LogP contribution is -2.34. The minimum absolute atomic E-state index is 0.0511. The van der Waals surface area contributed by atoms with E-state index < -0.39 is 11.7 Å². The normalized spacial score (nSPS) is 11.1. The molecule has 1 aromatic rings. The fourth-order valence-corrected chi connectivity index (χ4v) is 1.39. The van der Waals surface area contributed by atoms with E-state index in [1.54, 1.807) is 37.7 Å². The minimum atomic E-state index is -0.514. The molecule has 0 aliphatic rings. The molecule has 0 unspecified atom stereocenters. The highest BCUT2D eigenvalue weighted by Gasteiger charge is 2.15. The molecule has 1 rings (SSSR count). The monoisotopic (exact) mass is 253 g/mol. The first-order chi connectivity index (χ1) is 8.29. The summed E-state index contributed by atoms with van der Waals surface area (Å²) in [6.45, 7) is 7.67. The quantitative estimate of drug-likeness (QED) is 0.827. The van der Waals surface area contributed by atoms with Crippen molar-refractivity contribution in [3.8, 4) is 0 Å². The molecule has 0 fully saturated rings. The molecule has 0 aromatic carbocycles. The molecule has 0 radical (unpaired) electrons. The van der Waals surface area contributed by atoms with Crippen molar-refractivity contribution in [2.45, 2.75) is 39.8 Å². The van der Waals surface area contributed by atoms with Crippen molar-refractivity contribution in [1.29, 1.82) is 0 Å². The van der Waals surface area contributed by atoms with Crippen LogP contribution in [0.15, 0.2) is 12.3 Å². The summed E-state index contributed by atoms with van der Waals surface area (Å²) in [6.07, 6.45) is 1.09. The van der Waals surface area contributed by atoms with Crippen LogP contribution in [0.25, 0.3) is 0 Å². The van der Waals surface area contributed by atoms with Gasteiger partial charge in [-0.05, 0) is 26.8 Å². The lowest BCUT2D eigenvalue weighted by molar-refractivity contribution is 0.0525. The molecule has 0 saturated heterocycles. The number of alkyl carbamates (subject to hydrolysis) is 1. The number of amides is 1. The Balaban J connectivity index is 2.40. The summed E-state index contributed by atoms with van der Waals surface area (Å²) >= 11 is 0. The van der Waals surface area contributed by atoms with Gasteiger partial charge in [0.25, 0.3) is 0 Å². The Morgan fingerprint density at radius 2 is 2.11 bits per heavy atom. The molecule has 0 aliphatic heterocycles. The fourth-order valence-electron chi connectivity index (χ4n) is 1.39. The third-order valence-electron chi connectivity index (χ3n) is 2.07. The number of nitrogens with zero attached hydrogens (tertiary/aromatic N) is 2. The number of Topliss-reactive ketones (excluding diaryl/α,β-unsaturated/α-hetero) is 1. The fraction of sp³-hybridized carbons (Fsp3) is 0.583. The molecule has 1 aromatic heterocycles. The molecule has 6 heteroatoms. The predicted molar refractivity (Wildman–Crippen MR) is 66.5 cm³/mol. The van der Waals surface area contributed by atoms with E-state index in [4.69, 9.17) is 4.74 Å². The second kappa shape index (κ2) is 5.66. The van der Waals surface area contributed by atoms with Crippen LogP contribution in [0.2, 0.25) is 0 Å². The molecule has 100 valence electrons.